The SMILES string of the molecule is COC(=O)[C@H](Cc1c[nH]c2ccccc12)Nc1ccc(/C=C/C(=O)O)cc1[N+](=O)[O-]. The average Bonchev–Trinajstić information content (AvgIpc) is 3.14. The van der Waals surface area contributed by atoms with Crippen LogP contribution in [0.1, 0.15) is 11.1 Å². The molecule has 0 saturated carbocycles. The molecule has 1 aromatic heterocycles. The van der Waals surface area contributed by atoms with Crippen LogP contribution in [0.15, 0.2) is 54.7 Å². The van der Waals surface area contributed by atoms with Gasteiger partial charge in [-0.3, -0.25) is 10.1 Å². The highest BCUT2D eigenvalue weighted by molar-refractivity contribution is 5.87. The molecule has 0 radical (unpaired) electrons. The van der Waals surface area contributed by atoms with Crippen LogP contribution < -0.4 is 5.32 Å². The fourth-order valence-corrected chi connectivity index (χ4v) is 3.14. The van der Waals surface area contributed by atoms with Crippen LogP contribution in [0.2, 0.25) is 0 Å². The van der Waals surface area contributed by atoms with Crippen molar-refractivity contribution in [3.63, 3.8) is 0 Å². The number of carboxylic acids is 1. The van der Waals surface area contributed by atoms with Gasteiger partial charge in [-0.2, -0.15) is 0 Å². The molecule has 0 spiro atoms. The quantitative estimate of drug-likeness (QED) is 0.225. The Morgan fingerprint density at radius 3 is 2.77 bits per heavy atom. The van der Waals surface area contributed by atoms with Crippen molar-refractivity contribution in [3.8, 4) is 0 Å². The molecule has 0 aliphatic carbocycles. The number of esters is 1. The molecule has 9 heteroatoms. The molecule has 1 atom stereocenters. The van der Waals surface area contributed by atoms with Gasteiger partial charge in [-0.25, -0.2) is 9.59 Å². The Morgan fingerprint density at radius 2 is 2.07 bits per heavy atom. The summed E-state index contributed by atoms with van der Waals surface area (Å²) in [6.07, 6.45) is 4.17. The van der Waals surface area contributed by atoms with Gasteiger partial charge in [0.1, 0.15) is 11.7 Å². The largest absolute Gasteiger partial charge is 0.478 e. The molecule has 0 saturated heterocycles. The third-order valence-corrected chi connectivity index (χ3v) is 4.55. The summed E-state index contributed by atoms with van der Waals surface area (Å²) >= 11 is 0. The predicted molar refractivity (Wildman–Crippen MR) is 111 cm³/mol. The van der Waals surface area contributed by atoms with Gasteiger partial charge < -0.3 is 20.1 Å². The summed E-state index contributed by atoms with van der Waals surface area (Å²) < 4.78 is 4.88. The number of methoxy groups -OCH3 is 1. The van der Waals surface area contributed by atoms with Crippen LogP contribution in [0, 0.1) is 10.1 Å². The highest BCUT2D eigenvalue weighted by atomic mass is 16.6. The van der Waals surface area contributed by atoms with Crippen LogP contribution in [0.3, 0.4) is 0 Å². The number of hydrogen-bond acceptors (Lipinski definition) is 6. The maximum atomic E-state index is 12.4. The molecule has 1 heterocycles. The number of aromatic amines is 1. The lowest BCUT2D eigenvalue weighted by Gasteiger charge is -2.17. The Morgan fingerprint density at radius 1 is 1.30 bits per heavy atom. The van der Waals surface area contributed by atoms with Gasteiger partial charge in [-0.15, -0.1) is 0 Å². The van der Waals surface area contributed by atoms with Gasteiger partial charge in [-0.05, 0) is 29.3 Å². The van der Waals surface area contributed by atoms with Crippen molar-refractivity contribution in [2.24, 2.45) is 0 Å². The maximum absolute atomic E-state index is 12.4. The number of carboxylic acid groups (broad SMARTS) is 1. The third-order valence-electron chi connectivity index (χ3n) is 4.55. The Hall–Kier alpha value is -4.14. The number of para-hydroxylation sites is 1. The molecule has 154 valence electrons. The first-order valence-corrected chi connectivity index (χ1v) is 8.98. The van der Waals surface area contributed by atoms with E-state index in [2.05, 4.69) is 10.3 Å². The first-order valence-electron chi connectivity index (χ1n) is 8.98. The maximum Gasteiger partial charge on any atom is 0.328 e. The monoisotopic (exact) mass is 409 g/mol. The first-order chi connectivity index (χ1) is 14.4. The van der Waals surface area contributed by atoms with E-state index in [-0.39, 0.29) is 17.8 Å². The molecule has 0 fully saturated rings. The second-order valence-electron chi connectivity index (χ2n) is 6.49. The summed E-state index contributed by atoms with van der Waals surface area (Å²) in [5.74, 6) is -1.73. The van der Waals surface area contributed by atoms with Crippen LogP contribution in [0.5, 0.6) is 0 Å². The fraction of sp³-hybridized carbons (Fsp3) is 0.143. The fourth-order valence-electron chi connectivity index (χ4n) is 3.14. The number of nitro benzene ring substituents is 1. The smallest absolute Gasteiger partial charge is 0.328 e. The van der Waals surface area contributed by atoms with Crippen LogP contribution in [-0.4, -0.2) is 40.1 Å². The number of nitrogens with one attached hydrogen (secondary N) is 2. The number of carbonyl (C=O) groups is 2. The zero-order valence-electron chi connectivity index (χ0n) is 16.0. The molecule has 3 N–H and O–H groups in total. The van der Waals surface area contributed by atoms with Crippen LogP contribution in [0.4, 0.5) is 11.4 Å². The minimum Gasteiger partial charge on any atom is -0.478 e. The summed E-state index contributed by atoms with van der Waals surface area (Å²) in [6, 6.07) is 10.9. The summed E-state index contributed by atoms with van der Waals surface area (Å²) in [7, 11) is 1.25. The number of carbonyl (C=O) groups excluding carboxylic acids is 1. The molecule has 0 aliphatic rings. The molecule has 0 unspecified atom stereocenters. The van der Waals surface area contributed by atoms with Gasteiger partial charge in [0.15, 0.2) is 0 Å². The standard InChI is InChI=1S/C21H19N3O6/c1-30-21(27)18(11-14-12-22-16-5-3-2-4-15(14)16)23-17-8-6-13(7-9-20(25)26)10-19(17)24(28)29/h2-10,12,18,22-23H,11H2,1H3,(H,25,26)/b9-7+/t18-/m0/s1. The summed E-state index contributed by atoms with van der Waals surface area (Å²) in [4.78, 5) is 37.1. The van der Waals surface area contributed by atoms with Crippen molar-refractivity contribution < 1.29 is 24.4 Å². The number of fused-ring (bicyclic) bond motifs is 1. The van der Waals surface area contributed by atoms with Gasteiger partial charge >= 0.3 is 11.9 Å². The van der Waals surface area contributed by atoms with Gasteiger partial charge in [0.2, 0.25) is 0 Å². The molecule has 3 aromatic rings. The average molecular weight is 409 g/mol. The zero-order valence-corrected chi connectivity index (χ0v) is 16.0. The van der Waals surface area contributed by atoms with Gasteiger partial charge in [-0.1, -0.05) is 24.3 Å². The number of aliphatic carboxylic acids is 1. The molecule has 3 rings (SSSR count). The first kappa shape index (κ1) is 20.6. The number of aromatic nitrogens is 1. The number of rotatable bonds is 8. The van der Waals surface area contributed by atoms with Crippen molar-refractivity contribution in [3.05, 3.63) is 76.0 Å². The Bertz CT molecular complexity index is 1130. The van der Waals surface area contributed by atoms with E-state index in [0.717, 1.165) is 22.5 Å². The summed E-state index contributed by atoms with van der Waals surface area (Å²) in [6.45, 7) is 0. The topological polar surface area (TPSA) is 135 Å². The van der Waals surface area contributed by atoms with Gasteiger partial charge in [0.05, 0.1) is 12.0 Å². The van der Waals surface area contributed by atoms with Crippen molar-refractivity contribution >= 4 is 40.3 Å². The van der Waals surface area contributed by atoms with Gasteiger partial charge in [0.25, 0.3) is 5.69 Å². The molecular formula is C21H19N3O6. The van der Waals surface area contributed by atoms with E-state index in [1.165, 1.54) is 31.4 Å². The highest BCUT2D eigenvalue weighted by Gasteiger charge is 2.25. The van der Waals surface area contributed by atoms with Gasteiger partial charge in [0, 0.05) is 35.7 Å². The molecule has 0 amide bonds. The summed E-state index contributed by atoms with van der Waals surface area (Å²) in [5.41, 5.74) is 1.97. The van der Waals surface area contributed by atoms with Crippen molar-refractivity contribution in [2.75, 3.05) is 12.4 Å². The number of hydrogen-bond donors (Lipinski definition) is 3. The number of H-pyrrole nitrogens is 1. The number of nitrogens with zero attached hydrogens (tertiary/aromatic N) is 1. The van der Waals surface area contributed by atoms with E-state index in [9.17, 15) is 19.7 Å². The highest BCUT2D eigenvalue weighted by Crippen LogP contribution is 2.28. The van der Waals surface area contributed by atoms with E-state index in [1.807, 2.05) is 24.3 Å². The minimum absolute atomic E-state index is 0.128. The second kappa shape index (κ2) is 8.91. The lowest BCUT2D eigenvalue weighted by molar-refractivity contribution is -0.384. The minimum atomic E-state index is -1.16. The van der Waals surface area contributed by atoms with E-state index in [0.29, 0.717) is 5.56 Å². The van der Waals surface area contributed by atoms with Crippen LogP contribution >= 0.6 is 0 Å². The van der Waals surface area contributed by atoms with Crippen molar-refractivity contribution in [1.82, 2.24) is 4.98 Å². The van der Waals surface area contributed by atoms with Crippen molar-refractivity contribution in [1.29, 1.82) is 0 Å². The number of benzene rings is 2. The zero-order chi connectivity index (χ0) is 21.7. The number of nitro groups is 1. The van der Waals surface area contributed by atoms with E-state index >= 15 is 0 Å². The Balaban J connectivity index is 1.92. The Labute approximate surface area is 171 Å². The molecule has 0 bridgehead atoms. The lowest BCUT2D eigenvalue weighted by atomic mass is 10.0. The number of ether oxygens (including phenoxy) is 1. The van der Waals surface area contributed by atoms with Crippen LogP contribution in [-0.2, 0) is 20.7 Å². The van der Waals surface area contributed by atoms with E-state index in [1.54, 1.807) is 6.20 Å². The normalized spacial score (nSPS) is 12.0. The molecule has 2 aromatic carbocycles. The number of anilines is 1. The molecular weight excluding hydrogens is 390 g/mol. The van der Waals surface area contributed by atoms with Crippen molar-refractivity contribution in [2.45, 2.75) is 12.5 Å². The molecule has 0 aliphatic heterocycles. The Kier molecular flexibility index (Phi) is 6.11. The predicted octanol–water partition coefficient (Wildman–Crippen LogP) is 3.37. The van der Waals surface area contributed by atoms with E-state index < -0.39 is 22.9 Å². The third kappa shape index (κ3) is 4.64. The van der Waals surface area contributed by atoms with Crippen LogP contribution in [0.25, 0.3) is 17.0 Å². The second-order valence-corrected chi connectivity index (χ2v) is 6.49. The van der Waals surface area contributed by atoms with E-state index in [4.69, 9.17) is 9.84 Å². The summed E-state index contributed by atoms with van der Waals surface area (Å²) in [5, 5.41) is 24.1. The molecule has 9 nitrogen and oxygen atoms in total. The lowest BCUT2D eigenvalue weighted by Crippen LogP contribution is -2.33. The molecule has 30 heavy (non-hydrogen) atoms.